The molecule has 1 heterocycles. The van der Waals surface area contributed by atoms with Crippen LogP contribution >= 0.6 is 11.3 Å². The van der Waals surface area contributed by atoms with Crippen molar-refractivity contribution in [3.05, 3.63) is 65.2 Å². The number of nitrogens with one attached hydrogen (secondary N) is 1. The molecule has 0 aliphatic carbocycles. The zero-order valence-electron chi connectivity index (χ0n) is 16.8. The van der Waals surface area contributed by atoms with E-state index in [1.165, 1.54) is 17.4 Å². The van der Waals surface area contributed by atoms with E-state index in [1.807, 2.05) is 38.1 Å². The predicted octanol–water partition coefficient (Wildman–Crippen LogP) is 4.72. The van der Waals surface area contributed by atoms with Gasteiger partial charge in [0.25, 0.3) is 0 Å². The number of rotatable bonds is 8. The molecule has 30 heavy (non-hydrogen) atoms. The lowest BCUT2D eigenvalue weighted by Gasteiger charge is -2.08. The molecule has 154 valence electrons. The highest BCUT2D eigenvalue weighted by Gasteiger charge is 2.10. The molecule has 1 aromatic heterocycles. The smallest absolute Gasteiger partial charge is 0.331 e. The number of hydrogen-bond acceptors (Lipinski definition) is 6. The molecule has 7 heteroatoms. The Morgan fingerprint density at radius 3 is 2.53 bits per heavy atom. The lowest BCUT2D eigenvalue weighted by atomic mass is 10.1. The van der Waals surface area contributed by atoms with Crippen LogP contribution in [0.5, 0.6) is 0 Å². The second kappa shape index (κ2) is 9.93. The predicted molar refractivity (Wildman–Crippen MR) is 118 cm³/mol. The summed E-state index contributed by atoms with van der Waals surface area (Å²) in [7, 11) is 0. The van der Waals surface area contributed by atoms with Crippen LogP contribution in [0.3, 0.4) is 0 Å². The first-order chi connectivity index (χ1) is 14.4. The number of anilines is 1. The standard InChI is InChI=1S/C23H22N2O4S/c1-15(2)13-21(27)24-17-9-7-16(8-10-17)19(26)14-29-23(28)12-11-22-25-18-5-3-4-6-20(18)30-22/h3-12,15H,13-14H2,1-2H3,(H,24,27). The van der Waals surface area contributed by atoms with Gasteiger partial charge < -0.3 is 10.1 Å². The van der Waals surface area contributed by atoms with E-state index >= 15 is 0 Å². The molecule has 0 aliphatic rings. The van der Waals surface area contributed by atoms with Crippen LogP contribution in [0.2, 0.25) is 0 Å². The van der Waals surface area contributed by atoms with E-state index in [0.717, 1.165) is 10.2 Å². The van der Waals surface area contributed by atoms with Crippen LogP contribution < -0.4 is 5.32 Å². The molecule has 0 bridgehead atoms. The minimum absolute atomic E-state index is 0.0714. The van der Waals surface area contributed by atoms with Crippen molar-refractivity contribution in [3.63, 3.8) is 0 Å². The number of benzene rings is 2. The minimum Gasteiger partial charge on any atom is -0.454 e. The summed E-state index contributed by atoms with van der Waals surface area (Å²) < 4.78 is 6.06. The Labute approximate surface area is 178 Å². The van der Waals surface area contributed by atoms with Gasteiger partial charge in [0, 0.05) is 23.7 Å². The van der Waals surface area contributed by atoms with Crippen molar-refractivity contribution in [1.82, 2.24) is 4.98 Å². The van der Waals surface area contributed by atoms with E-state index in [-0.39, 0.29) is 24.2 Å². The molecule has 3 rings (SSSR count). The number of para-hydroxylation sites is 1. The summed E-state index contributed by atoms with van der Waals surface area (Å²) in [5, 5.41) is 3.47. The number of ether oxygens (including phenoxy) is 1. The summed E-state index contributed by atoms with van der Waals surface area (Å²) >= 11 is 1.47. The summed E-state index contributed by atoms with van der Waals surface area (Å²) in [5.74, 6) is -0.737. The lowest BCUT2D eigenvalue weighted by Crippen LogP contribution is -2.14. The first-order valence-corrected chi connectivity index (χ1v) is 10.4. The number of fused-ring (bicyclic) bond motifs is 1. The first kappa shape index (κ1) is 21.4. The number of Topliss-reactive ketones (excluding diaryl/α,β-unsaturated/α-hetero) is 1. The van der Waals surface area contributed by atoms with Gasteiger partial charge in [-0.05, 0) is 48.4 Å². The second-order valence-electron chi connectivity index (χ2n) is 7.11. The molecule has 1 amide bonds. The summed E-state index contributed by atoms with van der Waals surface area (Å²) in [6, 6.07) is 14.2. The van der Waals surface area contributed by atoms with Crippen LogP contribution in [0, 0.1) is 5.92 Å². The van der Waals surface area contributed by atoms with Crippen molar-refractivity contribution in [1.29, 1.82) is 0 Å². The first-order valence-electron chi connectivity index (χ1n) is 9.54. The highest BCUT2D eigenvalue weighted by molar-refractivity contribution is 7.19. The van der Waals surface area contributed by atoms with E-state index in [4.69, 9.17) is 4.74 Å². The highest BCUT2D eigenvalue weighted by atomic mass is 32.1. The quantitative estimate of drug-likeness (QED) is 0.322. The zero-order chi connectivity index (χ0) is 21.5. The Balaban J connectivity index is 1.49. The molecule has 0 saturated carbocycles. The van der Waals surface area contributed by atoms with Crippen molar-refractivity contribution >= 4 is 51.0 Å². The van der Waals surface area contributed by atoms with Crippen LogP contribution in [0.4, 0.5) is 5.69 Å². The van der Waals surface area contributed by atoms with Crippen LogP contribution in [-0.4, -0.2) is 29.3 Å². The fraction of sp³-hybridized carbons (Fsp3) is 0.217. The monoisotopic (exact) mass is 422 g/mol. The van der Waals surface area contributed by atoms with E-state index < -0.39 is 5.97 Å². The third-order valence-electron chi connectivity index (χ3n) is 4.10. The van der Waals surface area contributed by atoms with Crippen molar-refractivity contribution in [2.24, 2.45) is 5.92 Å². The largest absolute Gasteiger partial charge is 0.454 e. The number of amides is 1. The maximum Gasteiger partial charge on any atom is 0.331 e. The summed E-state index contributed by atoms with van der Waals surface area (Å²) in [6.45, 7) is 3.58. The Kier molecular flexibility index (Phi) is 7.08. The fourth-order valence-corrected chi connectivity index (χ4v) is 3.56. The van der Waals surface area contributed by atoms with Gasteiger partial charge in [0.05, 0.1) is 10.2 Å². The minimum atomic E-state index is -0.611. The zero-order valence-corrected chi connectivity index (χ0v) is 17.6. The molecule has 0 spiro atoms. The molecule has 0 atom stereocenters. The number of esters is 1. The van der Waals surface area contributed by atoms with Gasteiger partial charge in [-0.25, -0.2) is 9.78 Å². The van der Waals surface area contributed by atoms with Crippen LogP contribution in [0.25, 0.3) is 16.3 Å². The van der Waals surface area contributed by atoms with Crippen molar-refractivity contribution in [2.45, 2.75) is 20.3 Å². The van der Waals surface area contributed by atoms with Gasteiger partial charge in [-0.15, -0.1) is 11.3 Å². The molecule has 0 saturated heterocycles. The summed E-state index contributed by atoms with van der Waals surface area (Å²) in [6.07, 6.45) is 3.27. The molecule has 0 radical (unpaired) electrons. The average molecular weight is 423 g/mol. The topological polar surface area (TPSA) is 85.4 Å². The third kappa shape index (κ3) is 6.09. The number of hydrogen-bond donors (Lipinski definition) is 1. The maximum atomic E-state index is 12.2. The molecule has 3 aromatic rings. The SMILES string of the molecule is CC(C)CC(=O)Nc1ccc(C(=O)COC(=O)C=Cc2nc3ccccc3s2)cc1. The number of thiazole rings is 1. The normalized spacial score (nSPS) is 11.2. The number of ketones is 1. The van der Waals surface area contributed by atoms with E-state index in [1.54, 1.807) is 30.3 Å². The Morgan fingerprint density at radius 2 is 1.83 bits per heavy atom. The number of nitrogens with zero attached hydrogens (tertiary/aromatic N) is 1. The van der Waals surface area contributed by atoms with Crippen LogP contribution in [0.15, 0.2) is 54.6 Å². The Morgan fingerprint density at radius 1 is 1.10 bits per heavy atom. The number of carbonyl (C=O) groups excluding carboxylic acids is 3. The highest BCUT2D eigenvalue weighted by Crippen LogP contribution is 2.22. The Hall–Kier alpha value is -3.32. The molecule has 0 aliphatic heterocycles. The lowest BCUT2D eigenvalue weighted by molar-refractivity contribution is -0.136. The molecule has 0 unspecified atom stereocenters. The third-order valence-corrected chi connectivity index (χ3v) is 5.10. The van der Waals surface area contributed by atoms with Crippen molar-refractivity contribution in [3.8, 4) is 0 Å². The molecule has 0 fully saturated rings. The summed E-state index contributed by atoms with van der Waals surface area (Å²) in [5.41, 5.74) is 1.89. The van der Waals surface area contributed by atoms with Gasteiger partial charge in [-0.2, -0.15) is 0 Å². The number of aromatic nitrogens is 1. The maximum absolute atomic E-state index is 12.2. The van der Waals surface area contributed by atoms with Gasteiger partial charge >= 0.3 is 5.97 Å². The van der Waals surface area contributed by atoms with Crippen molar-refractivity contribution < 1.29 is 19.1 Å². The van der Waals surface area contributed by atoms with Crippen LogP contribution in [0.1, 0.15) is 35.6 Å². The average Bonchev–Trinajstić information content (AvgIpc) is 3.13. The summed E-state index contributed by atoms with van der Waals surface area (Å²) in [4.78, 5) is 40.3. The molecule has 1 N–H and O–H groups in total. The van der Waals surface area contributed by atoms with Crippen LogP contribution in [-0.2, 0) is 14.3 Å². The van der Waals surface area contributed by atoms with Gasteiger partial charge in [-0.3, -0.25) is 9.59 Å². The fourth-order valence-electron chi connectivity index (χ4n) is 2.69. The molecular formula is C23H22N2O4S. The second-order valence-corrected chi connectivity index (χ2v) is 8.17. The Bertz CT molecular complexity index is 1050. The molecule has 2 aromatic carbocycles. The molecule has 6 nitrogen and oxygen atoms in total. The number of carbonyl (C=O) groups is 3. The van der Waals surface area contributed by atoms with Gasteiger partial charge in [-0.1, -0.05) is 26.0 Å². The van der Waals surface area contributed by atoms with Crippen molar-refractivity contribution in [2.75, 3.05) is 11.9 Å². The van der Waals surface area contributed by atoms with E-state index in [9.17, 15) is 14.4 Å². The van der Waals surface area contributed by atoms with Gasteiger partial charge in [0.15, 0.2) is 12.4 Å². The van der Waals surface area contributed by atoms with E-state index in [2.05, 4.69) is 10.3 Å². The van der Waals surface area contributed by atoms with E-state index in [0.29, 0.717) is 22.7 Å². The van der Waals surface area contributed by atoms with Gasteiger partial charge in [0.1, 0.15) is 5.01 Å². The molecular weight excluding hydrogens is 400 g/mol. The van der Waals surface area contributed by atoms with Gasteiger partial charge in [0.2, 0.25) is 5.91 Å².